The molecule has 1 aliphatic heterocycles. The second-order valence-corrected chi connectivity index (χ2v) is 5.21. The number of likely N-dealkylation sites (tertiary alicyclic amines) is 1. The summed E-state index contributed by atoms with van der Waals surface area (Å²) in [4.78, 5) is 13.9. The summed E-state index contributed by atoms with van der Waals surface area (Å²) >= 11 is 0. The summed E-state index contributed by atoms with van der Waals surface area (Å²) in [5, 5.41) is 3.36. The van der Waals surface area contributed by atoms with Gasteiger partial charge >= 0.3 is 0 Å². The minimum atomic E-state index is 0.279. The van der Waals surface area contributed by atoms with Crippen LogP contribution in [0.1, 0.15) is 45.4 Å². The topological polar surface area (TPSA) is 32.3 Å². The van der Waals surface area contributed by atoms with Crippen molar-refractivity contribution >= 4 is 5.91 Å². The van der Waals surface area contributed by atoms with E-state index in [1.54, 1.807) is 0 Å². The Morgan fingerprint density at radius 2 is 1.80 bits per heavy atom. The molecule has 0 aromatic carbocycles. The molecular formula is C12H22N2O. The molecule has 1 aliphatic carbocycles. The van der Waals surface area contributed by atoms with Crippen molar-refractivity contribution in [3.63, 3.8) is 0 Å². The maximum Gasteiger partial charge on any atom is 0.236 e. The van der Waals surface area contributed by atoms with Gasteiger partial charge in [0.25, 0.3) is 0 Å². The van der Waals surface area contributed by atoms with Crippen molar-refractivity contribution in [3.05, 3.63) is 0 Å². The zero-order valence-corrected chi connectivity index (χ0v) is 9.72. The number of amides is 1. The Kier molecular flexibility index (Phi) is 3.29. The first-order chi connectivity index (χ1) is 7.20. The highest BCUT2D eigenvalue weighted by atomic mass is 16.2. The summed E-state index contributed by atoms with van der Waals surface area (Å²) < 4.78 is 0. The van der Waals surface area contributed by atoms with Crippen LogP contribution in [0, 0.1) is 0 Å². The van der Waals surface area contributed by atoms with Crippen molar-refractivity contribution < 1.29 is 4.79 Å². The number of hydrogen-bond acceptors (Lipinski definition) is 2. The van der Waals surface area contributed by atoms with Crippen LogP contribution in [0.25, 0.3) is 0 Å². The average molecular weight is 210 g/mol. The van der Waals surface area contributed by atoms with Gasteiger partial charge in [-0.1, -0.05) is 12.8 Å². The van der Waals surface area contributed by atoms with Crippen molar-refractivity contribution in [2.75, 3.05) is 19.6 Å². The normalized spacial score (nSPS) is 24.7. The molecule has 86 valence electrons. The molecule has 0 atom stereocenters. The third kappa shape index (κ3) is 3.20. The van der Waals surface area contributed by atoms with Crippen LogP contribution in [0.5, 0.6) is 0 Å². The van der Waals surface area contributed by atoms with Crippen LogP contribution in [-0.2, 0) is 4.79 Å². The monoisotopic (exact) mass is 210 g/mol. The van der Waals surface area contributed by atoms with Crippen molar-refractivity contribution in [1.82, 2.24) is 10.2 Å². The maximum absolute atomic E-state index is 11.9. The number of nitrogens with zero attached hydrogens (tertiary/aromatic N) is 1. The molecular weight excluding hydrogens is 188 g/mol. The van der Waals surface area contributed by atoms with Crippen LogP contribution in [0.3, 0.4) is 0 Å². The quantitative estimate of drug-likeness (QED) is 0.766. The van der Waals surface area contributed by atoms with Crippen molar-refractivity contribution in [2.45, 2.75) is 51.0 Å². The van der Waals surface area contributed by atoms with E-state index >= 15 is 0 Å². The highest BCUT2D eigenvalue weighted by Gasteiger charge is 2.37. The Morgan fingerprint density at radius 1 is 1.20 bits per heavy atom. The summed E-state index contributed by atoms with van der Waals surface area (Å²) in [6.07, 6.45) is 7.39. The zero-order chi connectivity index (χ0) is 10.7. The summed E-state index contributed by atoms with van der Waals surface area (Å²) in [7, 11) is 0. The molecule has 1 heterocycles. The van der Waals surface area contributed by atoms with Gasteiger partial charge in [0.05, 0.1) is 6.54 Å². The first-order valence-electron chi connectivity index (χ1n) is 6.22. The lowest BCUT2D eigenvalue weighted by atomic mass is 10.2. The Morgan fingerprint density at radius 3 is 2.33 bits per heavy atom. The zero-order valence-electron chi connectivity index (χ0n) is 9.72. The molecule has 1 amide bonds. The van der Waals surface area contributed by atoms with Gasteiger partial charge in [0.2, 0.25) is 5.91 Å². The maximum atomic E-state index is 11.9. The highest BCUT2D eigenvalue weighted by molar-refractivity contribution is 5.78. The summed E-state index contributed by atoms with van der Waals surface area (Å²) in [6.45, 7) is 4.67. The largest absolute Gasteiger partial charge is 0.342 e. The van der Waals surface area contributed by atoms with Gasteiger partial charge in [-0.05, 0) is 32.6 Å². The molecule has 0 unspecified atom stereocenters. The van der Waals surface area contributed by atoms with Gasteiger partial charge in [0.1, 0.15) is 0 Å². The van der Waals surface area contributed by atoms with Gasteiger partial charge in [-0.25, -0.2) is 0 Å². The average Bonchev–Trinajstić information content (AvgIpc) is 2.99. The summed E-state index contributed by atoms with van der Waals surface area (Å²) in [6, 6.07) is 0. The molecule has 0 aromatic heterocycles. The number of rotatable bonds is 3. The van der Waals surface area contributed by atoms with E-state index in [0.717, 1.165) is 13.1 Å². The molecule has 1 N–H and O–H groups in total. The van der Waals surface area contributed by atoms with Gasteiger partial charge in [-0.2, -0.15) is 0 Å². The second kappa shape index (κ2) is 4.52. The Labute approximate surface area is 92.2 Å². The predicted octanol–water partition coefficient (Wildman–Crippen LogP) is 1.53. The Hall–Kier alpha value is -0.570. The van der Waals surface area contributed by atoms with Gasteiger partial charge in [-0.15, -0.1) is 0 Å². The van der Waals surface area contributed by atoms with E-state index in [4.69, 9.17) is 0 Å². The van der Waals surface area contributed by atoms with Crippen LogP contribution in [0.2, 0.25) is 0 Å². The van der Waals surface area contributed by atoms with E-state index in [1.807, 2.05) is 4.90 Å². The van der Waals surface area contributed by atoms with Crippen molar-refractivity contribution in [3.8, 4) is 0 Å². The minimum Gasteiger partial charge on any atom is -0.342 e. The smallest absolute Gasteiger partial charge is 0.236 e. The van der Waals surface area contributed by atoms with E-state index in [2.05, 4.69) is 12.2 Å². The molecule has 0 radical (unpaired) electrons. The van der Waals surface area contributed by atoms with E-state index in [9.17, 15) is 4.79 Å². The number of hydrogen-bond donors (Lipinski definition) is 1. The van der Waals surface area contributed by atoms with Gasteiger partial charge < -0.3 is 10.2 Å². The van der Waals surface area contributed by atoms with E-state index in [0.29, 0.717) is 12.5 Å². The number of nitrogens with one attached hydrogen (secondary N) is 1. The van der Waals surface area contributed by atoms with E-state index < -0.39 is 0 Å². The van der Waals surface area contributed by atoms with Gasteiger partial charge in [0, 0.05) is 18.6 Å². The lowest BCUT2D eigenvalue weighted by molar-refractivity contribution is -0.130. The van der Waals surface area contributed by atoms with Crippen LogP contribution < -0.4 is 5.32 Å². The minimum absolute atomic E-state index is 0.279. The molecule has 3 nitrogen and oxygen atoms in total. The predicted molar refractivity (Wildman–Crippen MR) is 60.7 cm³/mol. The molecule has 2 rings (SSSR count). The summed E-state index contributed by atoms with van der Waals surface area (Å²) in [5.41, 5.74) is 0.279. The fraction of sp³-hybridized carbons (Fsp3) is 0.917. The molecule has 15 heavy (non-hydrogen) atoms. The lowest BCUT2D eigenvalue weighted by Gasteiger charge is -2.21. The van der Waals surface area contributed by atoms with E-state index in [-0.39, 0.29) is 5.54 Å². The van der Waals surface area contributed by atoms with Gasteiger partial charge in [0.15, 0.2) is 0 Å². The Bertz CT molecular complexity index is 228. The number of carbonyl (C=O) groups is 1. The molecule has 0 aromatic rings. The highest BCUT2D eigenvalue weighted by Crippen LogP contribution is 2.33. The van der Waals surface area contributed by atoms with Crippen molar-refractivity contribution in [1.29, 1.82) is 0 Å². The molecule has 2 fully saturated rings. The SMILES string of the molecule is CC1(NCC(=O)N2CCCCCC2)CC1. The van der Waals surface area contributed by atoms with Gasteiger partial charge in [-0.3, -0.25) is 4.79 Å². The summed E-state index contributed by atoms with van der Waals surface area (Å²) in [5.74, 6) is 0.296. The molecule has 0 spiro atoms. The Balaban J connectivity index is 1.73. The van der Waals surface area contributed by atoms with Crippen LogP contribution in [0.15, 0.2) is 0 Å². The molecule has 0 bridgehead atoms. The number of carbonyl (C=O) groups excluding carboxylic acids is 1. The van der Waals surface area contributed by atoms with Crippen LogP contribution in [-0.4, -0.2) is 36.0 Å². The standard InChI is InChI=1S/C12H22N2O/c1-12(6-7-12)13-10-11(15)14-8-4-2-3-5-9-14/h13H,2-10H2,1H3. The second-order valence-electron chi connectivity index (χ2n) is 5.21. The van der Waals surface area contributed by atoms with Crippen LogP contribution >= 0.6 is 0 Å². The molecule has 1 saturated carbocycles. The fourth-order valence-electron chi connectivity index (χ4n) is 2.09. The van der Waals surface area contributed by atoms with Crippen molar-refractivity contribution in [2.24, 2.45) is 0 Å². The third-order valence-electron chi connectivity index (χ3n) is 3.63. The molecule has 2 aliphatic rings. The van der Waals surface area contributed by atoms with Crippen LogP contribution in [0.4, 0.5) is 0 Å². The lowest BCUT2D eigenvalue weighted by Crippen LogP contribution is -2.42. The fourth-order valence-corrected chi connectivity index (χ4v) is 2.09. The first-order valence-corrected chi connectivity index (χ1v) is 6.22. The first kappa shape index (κ1) is 10.9. The third-order valence-corrected chi connectivity index (χ3v) is 3.63. The molecule has 3 heteroatoms. The van der Waals surface area contributed by atoms with E-state index in [1.165, 1.54) is 38.5 Å². The molecule has 1 saturated heterocycles.